The summed E-state index contributed by atoms with van der Waals surface area (Å²) in [5.41, 5.74) is 0.797. The summed E-state index contributed by atoms with van der Waals surface area (Å²) in [7, 11) is 0. The number of rotatable bonds is 7. The molecule has 0 saturated heterocycles. The van der Waals surface area contributed by atoms with Gasteiger partial charge in [0.2, 0.25) is 0 Å². The molecule has 7 heteroatoms. The van der Waals surface area contributed by atoms with Crippen molar-refractivity contribution in [2.75, 3.05) is 0 Å². The molecule has 19 heavy (non-hydrogen) atoms. The highest BCUT2D eigenvalue weighted by Gasteiger charge is 2.20. The molecule has 1 unspecified atom stereocenters. The monoisotopic (exact) mass is 267 g/mol. The summed E-state index contributed by atoms with van der Waals surface area (Å²) < 4.78 is 0. The van der Waals surface area contributed by atoms with Gasteiger partial charge in [0.15, 0.2) is 0 Å². The average Bonchev–Trinajstić information content (AvgIpc) is 2.34. The predicted octanol–water partition coefficient (Wildman–Crippen LogP) is 0.402. The van der Waals surface area contributed by atoms with Gasteiger partial charge in [-0.15, -0.1) is 0 Å². The molecule has 0 amide bonds. The second-order valence-corrected chi connectivity index (χ2v) is 3.87. The number of carboxylic acids is 3. The molecule has 0 aliphatic rings. The van der Waals surface area contributed by atoms with E-state index in [9.17, 15) is 14.4 Å². The van der Waals surface area contributed by atoms with Crippen molar-refractivity contribution >= 4 is 17.9 Å². The van der Waals surface area contributed by atoms with Crippen molar-refractivity contribution in [3.63, 3.8) is 0 Å². The molecule has 102 valence electrons. The van der Waals surface area contributed by atoms with Crippen LogP contribution in [0.2, 0.25) is 0 Å². The third kappa shape index (κ3) is 4.76. The van der Waals surface area contributed by atoms with E-state index >= 15 is 0 Å². The second-order valence-electron chi connectivity index (χ2n) is 3.87. The highest BCUT2D eigenvalue weighted by molar-refractivity contribution is 5.87. The van der Waals surface area contributed by atoms with Gasteiger partial charge in [0.05, 0.1) is 12.0 Å². The van der Waals surface area contributed by atoms with Crippen LogP contribution >= 0.6 is 0 Å². The fraction of sp³-hybridized carbons (Fsp3) is 0.250. The van der Waals surface area contributed by atoms with E-state index in [0.717, 1.165) is 0 Å². The van der Waals surface area contributed by atoms with Crippen molar-refractivity contribution in [1.29, 1.82) is 0 Å². The van der Waals surface area contributed by atoms with Gasteiger partial charge in [-0.25, -0.2) is 4.79 Å². The highest BCUT2D eigenvalue weighted by atomic mass is 16.4. The molecule has 0 aromatic heterocycles. The number of carbonyl (C=O) groups is 3. The second kappa shape index (κ2) is 6.50. The lowest BCUT2D eigenvalue weighted by molar-refractivity contribution is -0.146. The Morgan fingerprint density at radius 2 is 1.63 bits per heavy atom. The Labute approximate surface area is 108 Å². The average molecular weight is 267 g/mol. The van der Waals surface area contributed by atoms with Crippen molar-refractivity contribution in [3.05, 3.63) is 35.4 Å². The standard InChI is InChI=1S/C12H13NO6/c14-10(15)5-9(12(18)19)13-6-7-1-3-8(4-2-7)11(16)17/h1-4,9,13H,5-6H2,(H,14,15)(H,16,17)(H,18,19). The van der Waals surface area contributed by atoms with E-state index in [1.54, 1.807) is 0 Å². The van der Waals surface area contributed by atoms with Crippen LogP contribution in [0.25, 0.3) is 0 Å². The Morgan fingerprint density at radius 3 is 2.05 bits per heavy atom. The maximum atomic E-state index is 10.8. The number of carboxylic acid groups (broad SMARTS) is 3. The van der Waals surface area contributed by atoms with E-state index in [4.69, 9.17) is 15.3 Å². The molecule has 0 radical (unpaired) electrons. The lowest BCUT2D eigenvalue weighted by Crippen LogP contribution is -2.38. The fourth-order valence-electron chi connectivity index (χ4n) is 1.43. The van der Waals surface area contributed by atoms with Gasteiger partial charge in [0, 0.05) is 6.54 Å². The Kier molecular flexibility index (Phi) is 5.01. The van der Waals surface area contributed by atoms with Crippen LogP contribution in [0.5, 0.6) is 0 Å². The van der Waals surface area contributed by atoms with Gasteiger partial charge < -0.3 is 15.3 Å². The van der Waals surface area contributed by atoms with Gasteiger partial charge in [-0.1, -0.05) is 12.1 Å². The van der Waals surface area contributed by atoms with Gasteiger partial charge in [-0.3, -0.25) is 14.9 Å². The van der Waals surface area contributed by atoms with Crippen molar-refractivity contribution < 1.29 is 29.7 Å². The topological polar surface area (TPSA) is 124 Å². The van der Waals surface area contributed by atoms with E-state index in [-0.39, 0.29) is 12.1 Å². The smallest absolute Gasteiger partial charge is 0.335 e. The maximum absolute atomic E-state index is 10.8. The summed E-state index contributed by atoms with van der Waals surface area (Å²) in [5, 5.41) is 28.7. The van der Waals surface area contributed by atoms with Gasteiger partial charge >= 0.3 is 17.9 Å². The molecule has 0 fully saturated rings. The van der Waals surface area contributed by atoms with E-state index in [0.29, 0.717) is 5.56 Å². The number of benzene rings is 1. The van der Waals surface area contributed by atoms with Crippen molar-refractivity contribution in [3.8, 4) is 0 Å². The number of hydrogen-bond donors (Lipinski definition) is 4. The molecule has 1 aromatic rings. The predicted molar refractivity (Wildman–Crippen MR) is 63.9 cm³/mol. The van der Waals surface area contributed by atoms with Crippen LogP contribution in [0.15, 0.2) is 24.3 Å². The number of nitrogens with one attached hydrogen (secondary N) is 1. The first-order valence-electron chi connectivity index (χ1n) is 5.40. The quantitative estimate of drug-likeness (QED) is 0.563. The minimum atomic E-state index is -1.25. The van der Waals surface area contributed by atoms with Gasteiger partial charge in [-0.2, -0.15) is 0 Å². The maximum Gasteiger partial charge on any atom is 0.335 e. The SMILES string of the molecule is O=C(O)CC(NCc1ccc(C(=O)O)cc1)C(=O)O. The normalized spacial score (nSPS) is 11.8. The van der Waals surface area contributed by atoms with Crippen LogP contribution in [0.4, 0.5) is 0 Å². The first-order valence-corrected chi connectivity index (χ1v) is 5.40. The van der Waals surface area contributed by atoms with Crippen molar-refractivity contribution in [2.24, 2.45) is 0 Å². The van der Waals surface area contributed by atoms with Crippen LogP contribution in [0, 0.1) is 0 Å². The molecule has 0 bridgehead atoms. The number of hydrogen-bond acceptors (Lipinski definition) is 4. The summed E-state index contributed by atoms with van der Waals surface area (Å²) in [5.74, 6) is -3.50. The summed E-state index contributed by atoms with van der Waals surface area (Å²) in [6.07, 6.45) is -0.525. The molecule has 0 aliphatic carbocycles. The van der Waals surface area contributed by atoms with Crippen LogP contribution < -0.4 is 5.32 Å². The van der Waals surface area contributed by atoms with E-state index < -0.39 is 30.4 Å². The first-order chi connectivity index (χ1) is 8.90. The molecule has 7 nitrogen and oxygen atoms in total. The van der Waals surface area contributed by atoms with Crippen LogP contribution in [0.3, 0.4) is 0 Å². The third-order valence-electron chi connectivity index (χ3n) is 2.43. The summed E-state index contributed by atoms with van der Waals surface area (Å²) >= 11 is 0. The number of aliphatic carboxylic acids is 2. The minimum Gasteiger partial charge on any atom is -0.481 e. The first kappa shape index (κ1) is 14.7. The van der Waals surface area contributed by atoms with E-state index in [1.165, 1.54) is 24.3 Å². The van der Waals surface area contributed by atoms with Gasteiger partial charge in [0.1, 0.15) is 6.04 Å². The molecular weight excluding hydrogens is 254 g/mol. The summed E-state index contributed by atoms with van der Waals surface area (Å²) in [6, 6.07) is 4.68. The molecule has 1 atom stereocenters. The largest absolute Gasteiger partial charge is 0.481 e. The Hall–Kier alpha value is -2.41. The zero-order chi connectivity index (χ0) is 14.4. The summed E-state index contributed by atoms with van der Waals surface area (Å²) in [6.45, 7) is 0.143. The van der Waals surface area contributed by atoms with Crippen LogP contribution in [-0.2, 0) is 16.1 Å². The molecule has 1 rings (SSSR count). The Morgan fingerprint density at radius 1 is 1.05 bits per heavy atom. The Bertz CT molecular complexity index is 481. The number of aromatic carboxylic acids is 1. The molecule has 0 aliphatic heterocycles. The lowest BCUT2D eigenvalue weighted by atomic mass is 10.1. The third-order valence-corrected chi connectivity index (χ3v) is 2.43. The Balaban J connectivity index is 2.61. The molecular formula is C12H13NO6. The zero-order valence-electron chi connectivity index (χ0n) is 9.87. The van der Waals surface area contributed by atoms with E-state index in [1.807, 2.05) is 0 Å². The fourth-order valence-corrected chi connectivity index (χ4v) is 1.43. The van der Waals surface area contributed by atoms with Crippen LogP contribution in [-0.4, -0.2) is 39.3 Å². The summed E-state index contributed by atoms with van der Waals surface area (Å²) in [4.78, 5) is 31.9. The lowest BCUT2D eigenvalue weighted by Gasteiger charge is -2.12. The van der Waals surface area contributed by atoms with Crippen molar-refractivity contribution in [2.45, 2.75) is 19.0 Å². The van der Waals surface area contributed by atoms with E-state index in [2.05, 4.69) is 5.32 Å². The van der Waals surface area contributed by atoms with Gasteiger partial charge in [-0.05, 0) is 17.7 Å². The minimum absolute atomic E-state index is 0.129. The van der Waals surface area contributed by atoms with Crippen LogP contribution in [0.1, 0.15) is 22.3 Å². The molecule has 1 aromatic carbocycles. The van der Waals surface area contributed by atoms with Gasteiger partial charge in [0.25, 0.3) is 0 Å². The zero-order valence-corrected chi connectivity index (χ0v) is 9.87. The van der Waals surface area contributed by atoms with Crippen molar-refractivity contribution in [1.82, 2.24) is 5.32 Å². The molecule has 0 spiro atoms. The molecule has 0 heterocycles. The molecule has 0 saturated carbocycles. The highest BCUT2D eigenvalue weighted by Crippen LogP contribution is 2.05. The molecule has 4 N–H and O–H groups in total.